The number of anilines is 2. The van der Waals surface area contributed by atoms with Gasteiger partial charge in [0.25, 0.3) is 0 Å². The van der Waals surface area contributed by atoms with Crippen LogP contribution < -0.4 is 15.0 Å². The molecule has 0 saturated heterocycles. The van der Waals surface area contributed by atoms with E-state index >= 15 is 0 Å². The van der Waals surface area contributed by atoms with Crippen LogP contribution in [0.15, 0.2) is 30.6 Å². The fraction of sp³-hybridized carbons (Fsp3) is 0.375. The largest absolute Gasteiger partial charge is 0.479 e. The second kappa shape index (κ2) is 5.60. The highest BCUT2D eigenvalue weighted by Gasteiger charge is 2.25. The number of aromatic nitrogens is 2. The van der Waals surface area contributed by atoms with Crippen molar-refractivity contribution in [1.82, 2.24) is 9.97 Å². The number of nitrogens with one attached hydrogen (secondary N) is 1. The Hall–Kier alpha value is -2.30. The smallest absolute Gasteiger partial charge is 0.239 e. The fourth-order valence-corrected chi connectivity index (χ4v) is 2.82. The lowest BCUT2D eigenvalue weighted by atomic mass is 10.2. The van der Waals surface area contributed by atoms with Gasteiger partial charge in [0.05, 0.1) is 24.5 Å². The lowest BCUT2D eigenvalue weighted by Crippen LogP contribution is -2.16. The Kier molecular flexibility index (Phi) is 3.64. The second-order valence-electron chi connectivity index (χ2n) is 5.39. The van der Waals surface area contributed by atoms with Gasteiger partial charge in [-0.1, -0.05) is 6.07 Å². The summed E-state index contributed by atoms with van der Waals surface area (Å²) in [4.78, 5) is 10.9. The molecule has 0 amide bonds. The number of hydrogen-bond donors (Lipinski definition) is 1. The molecule has 2 heterocycles. The van der Waals surface area contributed by atoms with Gasteiger partial charge < -0.3 is 15.0 Å². The van der Waals surface area contributed by atoms with Crippen molar-refractivity contribution in [2.75, 3.05) is 31.4 Å². The van der Waals surface area contributed by atoms with Gasteiger partial charge in [-0.2, -0.15) is 0 Å². The maximum atomic E-state index is 5.41. The number of rotatable bonds is 4. The van der Waals surface area contributed by atoms with Crippen LogP contribution in [-0.2, 0) is 6.42 Å². The van der Waals surface area contributed by atoms with Crippen molar-refractivity contribution in [3.05, 3.63) is 41.9 Å². The van der Waals surface area contributed by atoms with Crippen LogP contribution >= 0.6 is 0 Å². The van der Waals surface area contributed by atoms with Crippen LogP contribution in [0.5, 0.6) is 5.88 Å². The van der Waals surface area contributed by atoms with E-state index in [9.17, 15) is 0 Å². The molecule has 110 valence electrons. The molecule has 1 atom stereocenters. The minimum absolute atomic E-state index is 0.206. The quantitative estimate of drug-likeness (QED) is 0.935. The van der Waals surface area contributed by atoms with Crippen molar-refractivity contribution in [2.45, 2.75) is 18.9 Å². The van der Waals surface area contributed by atoms with E-state index in [2.05, 4.69) is 26.3 Å². The lowest BCUT2D eigenvalue weighted by molar-refractivity contribution is 0.399. The molecular weight excluding hydrogens is 264 g/mol. The second-order valence-corrected chi connectivity index (χ2v) is 5.39. The van der Waals surface area contributed by atoms with Crippen molar-refractivity contribution >= 4 is 11.4 Å². The van der Waals surface area contributed by atoms with Crippen LogP contribution in [0.1, 0.15) is 23.7 Å². The van der Waals surface area contributed by atoms with Gasteiger partial charge in [-0.25, -0.2) is 4.98 Å². The van der Waals surface area contributed by atoms with Gasteiger partial charge in [-0.05, 0) is 30.5 Å². The van der Waals surface area contributed by atoms with Gasteiger partial charge >= 0.3 is 0 Å². The molecule has 1 unspecified atom stereocenters. The van der Waals surface area contributed by atoms with Gasteiger partial charge in [-0.3, -0.25) is 4.98 Å². The summed E-state index contributed by atoms with van der Waals surface area (Å²) in [5, 5.41) is 3.57. The summed E-state index contributed by atoms with van der Waals surface area (Å²) in [6.45, 7) is 0. The van der Waals surface area contributed by atoms with Crippen LogP contribution in [0, 0.1) is 0 Å². The summed E-state index contributed by atoms with van der Waals surface area (Å²) < 4.78 is 5.41. The predicted molar refractivity (Wildman–Crippen MR) is 84.0 cm³/mol. The molecule has 2 aromatic rings. The highest BCUT2D eigenvalue weighted by molar-refractivity contribution is 5.74. The number of pyridine rings is 2. The first-order valence-electron chi connectivity index (χ1n) is 7.11. The normalized spacial score (nSPS) is 16.4. The van der Waals surface area contributed by atoms with Crippen LogP contribution in [0.25, 0.3) is 0 Å². The Morgan fingerprint density at radius 3 is 2.86 bits per heavy atom. The van der Waals surface area contributed by atoms with Crippen LogP contribution in [-0.4, -0.2) is 31.2 Å². The van der Waals surface area contributed by atoms with Crippen LogP contribution in [0.4, 0.5) is 11.4 Å². The first kappa shape index (κ1) is 13.7. The monoisotopic (exact) mass is 284 g/mol. The zero-order chi connectivity index (χ0) is 14.8. The molecule has 21 heavy (non-hydrogen) atoms. The molecular formula is C16H20N4O. The summed E-state index contributed by atoms with van der Waals surface area (Å²) in [5.74, 6) is 0.616. The van der Waals surface area contributed by atoms with Crippen molar-refractivity contribution in [2.24, 2.45) is 0 Å². The summed E-state index contributed by atoms with van der Waals surface area (Å²) in [6, 6.07) is 6.34. The highest BCUT2D eigenvalue weighted by atomic mass is 16.5. The first-order chi connectivity index (χ1) is 10.2. The van der Waals surface area contributed by atoms with E-state index in [1.54, 1.807) is 13.3 Å². The average molecular weight is 284 g/mol. The molecule has 5 nitrogen and oxygen atoms in total. The molecule has 0 aliphatic heterocycles. The topological polar surface area (TPSA) is 50.3 Å². The number of methoxy groups -OCH3 is 1. The van der Waals surface area contributed by atoms with E-state index in [1.807, 2.05) is 32.4 Å². The Bertz CT molecular complexity index is 642. The Labute approximate surface area is 125 Å². The summed E-state index contributed by atoms with van der Waals surface area (Å²) >= 11 is 0. The standard InChI is InChI=1S/C16H20N4O/c1-20(2)13-8-10-18-16(21-3)15(13)19-12-7-6-11-5-4-9-17-14(11)12/h4-5,8-10,12,19H,6-7H2,1-3H3. The highest BCUT2D eigenvalue weighted by Crippen LogP contribution is 2.38. The zero-order valence-corrected chi connectivity index (χ0v) is 12.6. The SMILES string of the molecule is COc1nccc(N(C)C)c1NC1CCc2cccnc21. The molecule has 1 N–H and O–H groups in total. The van der Waals surface area contributed by atoms with Gasteiger partial charge in [0.15, 0.2) is 0 Å². The van der Waals surface area contributed by atoms with Crippen LogP contribution in [0.2, 0.25) is 0 Å². The summed E-state index contributed by atoms with van der Waals surface area (Å²) in [6.07, 6.45) is 5.71. The predicted octanol–water partition coefficient (Wildman–Crippen LogP) is 2.65. The first-order valence-corrected chi connectivity index (χ1v) is 7.11. The van der Waals surface area contributed by atoms with Crippen molar-refractivity contribution in [3.63, 3.8) is 0 Å². The third kappa shape index (κ3) is 2.51. The molecule has 2 aromatic heterocycles. The van der Waals surface area contributed by atoms with E-state index in [4.69, 9.17) is 4.74 Å². The molecule has 0 radical (unpaired) electrons. The lowest BCUT2D eigenvalue weighted by Gasteiger charge is -2.23. The number of ether oxygens (including phenoxy) is 1. The maximum Gasteiger partial charge on any atom is 0.239 e. The van der Waals surface area contributed by atoms with E-state index < -0.39 is 0 Å². The molecule has 0 fully saturated rings. The van der Waals surface area contributed by atoms with Crippen molar-refractivity contribution in [1.29, 1.82) is 0 Å². The van der Waals surface area contributed by atoms with Crippen molar-refractivity contribution in [3.8, 4) is 5.88 Å². The number of aryl methyl sites for hydroxylation is 1. The van der Waals surface area contributed by atoms with Gasteiger partial charge in [0.2, 0.25) is 5.88 Å². The third-order valence-electron chi connectivity index (χ3n) is 3.85. The zero-order valence-electron chi connectivity index (χ0n) is 12.6. The number of nitrogens with zero attached hydrogens (tertiary/aromatic N) is 3. The average Bonchev–Trinajstić information content (AvgIpc) is 2.90. The summed E-state index contributed by atoms with van der Waals surface area (Å²) in [7, 11) is 5.68. The molecule has 0 bridgehead atoms. The Morgan fingerprint density at radius 2 is 2.10 bits per heavy atom. The van der Waals surface area contributed by atoms with Gasteiger partial charge in [0, 0.05) is 26.5 Å². The maximum absolute atomic E-state index is 5.41. The molecule has 1 aliphatic rings. The molecule has 5 heteroatoms. The summed E-state index contributed by atoms with van der Waals surface area (Å²) in [5.41, 5.74) is 4.44. The Morgan fingerprint density at radius 1 is 1.24 bits per heavy atom. The van der Waals surface area contributed by atoms with E-state index in [-0.39, 0.29) is 6.04 Å². The molecule has 1 aliphatic carbocycles. The van der Waals surface area contributed by atoms with Crippen LogP contribution in [0.3, 0.4) is 0 Å². The van der Waals surface area contributed by atoms with Gasteiger partial charge in [-0.15, -0.1) is 0 Å². The van der Waals surface area contributed by atoms with Crippen molar-refractivity contribution < 1.29 is 4.74 Å². The molecule has 0 aromatic carbocycles. The van der Waals surface area contributed by atoms with E-state index in [0.29, 0.717) is 5.88 Å². The van der Waals surface area contributed by atoms with E-state index in [1.165, 1.54) is 5.56 Å². The number of fused-ring (bicyclic) bond motifs is 1. The van der Waals surface area contributed by atoms with Gasteiger partial charge in [0.1, 0.15) is 5.69 Å². The minimum Gasteiger partial charge on any atom is -0.479 e. The van der Waals surface area contributed by atoms with E-state index in [0.717, 1.165) is 29.9 Å². The molecule has 0 spiro atoms. The molecule has 3 rings (SSSR count). The third-order valence-corrected chi connectivity index (χ3v) is 3.85. The molecule has 0 saturated carbocycles. The fourth-order valence-electron chi connectivity index (χ4n) is 2.82. The minimum atomic E-state index is 0.206. The number of hydrogen-bond acceptors (Lipinski definition) is 5. The Balaban J connectivity index is 1.95.